The Labute approximate surface area is 173 Å². The summed E-state index contributed by atoms with van der Waals surface area (Å²) in [5, 5.41) is 12.7. The molecule has 2 N–H and O–H groups in total. The number of halogens is 2. The molecule has 1 atom stereocenters. The summed E-state index contributed by atoms with van der Waals surface area (Å²) in [5.74, 6) is -6.15. The van der Waals surface area contributed by atoms with Crippen LogP contribution in [0.2, 0.25) is 0 Å². The standard InChI is InChI=1S/C19H24BF2NO7/c1-5-6-14(24)23-13-8-10-15(22)12(21)7-11(16(10)30-20(13)27)17(25)28-9-29-18(26)19(2,3)4/h7,13,27H,5-6,8-9H2,1-4H3,(H,23,24). The van der Waals surface area contributed by atoms with Gasteiger partial charge in [-0.15, -0.1) is 0 Å². The van der Waals surface area contributed by atoms with Crippen molar-refractivity contribution < 1.29 is 42.3 Å². The van der Waals surface area contributed by atoms with E-state index in [4.69, 9.17) is 14.1 Å². The van der Waals surface area contributed by atoms with Crippen LogP contribution in [0.4, 0.5) is 8.78 Å². The number of nitrogens with one attached hydrogen (secondary N) is 1. The fourth-order valence-electron chi connectivity index (χ4n) is 2.71. The van der Waals surface area contributed by atoms with Crippen LogP contribution < -0.4 is 9.97 Å². The van der Waals surface area contributed by atoms with Gasteiger partial charge in [-0.1, -0.05) is 6.92 Å². The van der Waals surface area contributed by atoms with E-state index in [9.17, 15) is 28.2 Å². The third-order valence-electron chi connectivity index (χ3n) is 4.31. The molecular weight excluding hydrogens is 403 g/mol. The second-order valence-corrected chi connectivity index (χ2v) is 7.90. The first kappa shape index (κ1) is 23.6. The van der Waals surface area contributed by atoms with Crippen LogP contribution >= 0.6 is 0 Å². The molecule has 30 heavy (non-hydrogen) atoms. The van der Waals surface area contributed by atoms with Crippen molar-refractivity contribution in [2.45, 2.75) is 52.9 Å². The highest BCUT2D eigenvalue weighted by molar-refractivity contribution is 6.47. The quantitative estimate of drug-likeness (QED) is 0.405. The highest BCUT2D eigenvalue weighted by Gasteiger charge is 2.40. The van der Waals surface area contributed by atoms with Gasteiger partial charge in [0, 0.05) is 12.0 Å². The van der Waals surface area contributed by atoms with Crippen LogP contribution in [-0.4, -0.2) is 42.7 Å². The first-order valence-electron chi connectivity index (χ1n) is 9.45. The summed E-state index contributed by atoms with van der Waals surface area (Å²) in [6.07, 6.45) is 0.451. The molecule has 1 heterocycles. The van der Waals surface area contributed by atoms with Gasteiger partial charge < -0.3 is 24.5 Å². The number of amides is 1. The molecule has 0 aromatic heterocycles. The minimum Gasteiger partial charge on any atom is -0.534 e. The molecule has 1 aliphatic rings. The summed E-state index contributed by atoms with van der Waals surface area (Å²) in [6, 6.07) is 0.574. The van der Waals surface area contributed by atoms with Crippen LogP contribution in [0.15, 0.2) is 6.07 Å². The van der Waals surface area contributed by atoms with Gasteiger partial charge in [0.25, 0.3) is 0 Å². The Morgan fingerprint density at radius 3 is 2.57 bits per heavy atom. The predicted octanol–water partition coefficient (Wildman–Crippen LogP) is 1.91. The number of ether oxygens (including phenoxy) is 2. The van der Waals surface area contributed by atoms with Gasteiger partial charge in [-0.2, -0.15) is 0 Å². The maximum Gasteiger partial charge on any atom is 0.547 e. The number of fused-ring (bicyclic) bond motifs is 1. The molecule has 1 unspecified atom stereocenters. The van der Waals surface area contributed by atoms with Gasteiger partial charge in [0.15, 0.2) is 11.6 Å². The zero-order chi connectivity index (χ0) is 22.6. The number of hydrogen-bond acceptors (Lipinski definition) is 7. The third kappa shape index (κ3) is 5.47. The van der Waals surface area contributed by atoms with Crippen molar-refractivity contribution in [1.29, 1.82) is 0 Å². The van der Waals surface area contributed by atoms with Gasteiger partial charge >= 0.3 is 19.1 Å². The number of esters is 2. The minimum atomic E-state index is -1.59. The smallest absolute Gasteiger partial charge is 0.534 e. The van der Waals surface area contributed by atoms with Crippen molar-refractivity contribution in [1.82, 2.24) is 5.32 Å². The molecule has 0 fully saturated rings. The van der Waals surface area contributed by atoms with Crippen molar-refractivity contribution in [2.75, 3.05) is 6.79 Å². The number of hydrogen-bond donors (Lipinski definition) is 2. The highest BCUT2D eigenvalue weighted by Crippen LogP contribution is 2.34. The molecule has 0 aliphatic carbocycles. The molecule has 1 aromatic rings. The predicted molar refractivity (Wildman–Crippen MR) is 101 cm³/mol. The summed E-state index contributed by atoms with van der Waals surface area (Å²) in [4.78, 5) is 35.8. The van der Waals surface area contributed by atoms with E-state index in [1.54, 1.807) is 27.7 Å². The lowest BCUT2D eigenvalue weighted by atomic mass is 9.72. The first-order chi connectivity index (χ1) is 14.0. The largest absolute Gasteiger partial charge is 0.547 e. The number of benzene rings is 1. The topological polar surface area (TPSA) is 111 Å². The third-order valence-corrected chi connectivity index (χ3v) is 4.31. The van der Waals surface area contributed by atoms with E-state index in [-0.39, 0.29) is 24.3 Å². The second kappa shape index (κ2) is 9.42. The van der Waals surface area contributed by atoms with Gasteiger partial charge in [-0.3, -0.25) is 9.59 Å². The van der Waals surface area contributed by atoms with Crippen LogP contribution in [0.25, 0.3) is 0 Å². The normalized spacial score (nSPS) is 15.7. The Kier molecular flexibility index (Phi) is 7.41. The summed E-state index contributed by atoms with van der Waals surface area (Å²) in [6.45, 7) is 5.87. The van der Waals surface area contributed by atoms with Gasteiger partial charge in [0.1, 0.15) is 11.3 Å². The summed E-state index contributed by atoms with van der Waals surface area (Å²) in [7, 11) is -1.59. The zero-order valence-electron chi connectivity index (χ0n) is 17.2. The van der Waals surface area contributed by atoms with E-state index in [2.05, 4.69) is 5.32 Å². The van der Waals surface area contributed by atoms with Crippen molar-refractivity contribution in [3.63, 3.8) is 0 Å². The lowest BCUT2D eigenvalue weighted by Crippen LogP contribution is -2.53. The Morgan fingerprint density at radius 1 is 1.30 bits per heavy atom. The van der Waals surface area contributed by atoms with Gasteiger partial charge in [0.2, 0.25) is 12.7 Å². The molecule has 11 heteroatoms. The van der Waals surface area contributed by atoms with Crippen LogP contribution in [0.1, 0.15) is 56.5 Å². The van der Waals surface area contributed by atoms with E-state index >= 15 is 0 Å². The molecule has 1 amide bonds. The van der Waals surface area contributed by atoms with Crippen LogP contribution in [0, 0.1) is 17.0 Å². The van der Waals surface area contributed by atoms with E-state index < -0.39 is 60.2 Å². The summed E-state index contributed by atoms with van der Waals surface area (Å²) >= 11 is 0. The monoisotopic (exact) mass is 427 g/mol. The molecule has 164 valence electrons. The molecule has 1 aliphatic heterocycles. The minimum absolute atomic E-state index is 0.187. The molecule has 0 saturated heterocycles. The average Bonchev–Trinajstić information content (AvgIpc) is 2.65. The lowest BCUT2D eigenvalue weighted by molar-refractivity contribution is -0.161. The van der Waals surface area contributed by atoms with Crippen molar-refractivity contribution in [2.24, 2.45) is 5.41 Å². The van der Waals surface area contributed by atoms with E-state index in [0.717, 1.165) is 0 Å². The zero-order valence-corrected chi connectivity index (χ0v) is 17.2. The number of rotatable bonds is 6. The second-order valence-electron chi connectivity index (χ2n) is 7.90. The average molecular weight is 427 g/mol. The van der Waals surface area contributed by atoms with Crippen molar-refractivity contribution in [3.05, 3.63) is 28.8 Å². The van der Waals surface area contributed by atoms with Crippen LogP contribution in [-0.2, 0) is 25.5 Å². The van der Waals surface area contributed by atoms with Gasteiger partial charge in [0.05, 0.1) is 11.4 Å². The van der Waals surface area contributed by atoms with Crippen LogP contribution in [0.5, 0.6) is 5.75 Å². The molecule has 1 aromatic carbocycles. The SMILES string of the molecule is CCCC(=O)NC1Cc2c(F)c(F)cc(C(=O)OCOC(=O)C(C)(C)C)c2OB1O. The highest BCUT2D eigenvalue weighted by atomic mass is 19.2. The maximum atomic E-state index is 14.3. The van der Waals surface area contributed by atoms with Gasteiger partial charge in [-0.25, -0.2) is 13.6 Å². The molecule has 2 rings (SSSR count). The van der Waals surface area contributed by atoms with Gasteiger partial charge in [-0.05, 0) is 39.7 Å². The Morgan fingerprint density at radius 2 is 1.97 bits per heavy atom. The Balaban J connectivity index is 2.20. The summed E-state index contributed by atoms with van der Waals surface area (Å²) < 4.78 is 43.2. The molecular formula is C19H24BF2NO7. The van der Waals surface area contributed by atoms with Crippen molar-refractivity contribution >= 4 is 25.0 Å². The molecule has 0 spiro atoms. The molecule has 0 bridgehead atoms. The molecule has 8 nitrogen and oxygen atoms in total. The molecule has 0 radical (unpaired) electrons. The summed E-state index contributed by atoms with van der Waals surface area (Å²) in [5.41, 5.74) is -1.62. The van der Waals surface area contributed by atoms with E-state index in [0.29, 0.717) is 12.5 Å². The lowest BCUT2D eigenvalue weighted by Gasteiger charge is -2.29. The Hall–Kier alpha value is -2.69. The number of carbonyl (C=O) groups is 3. The first-order valence-corrected chi connectivity index (χ1v) is 9.45. The van der Waals surface area contributed by atoms with Crippen LogP contribution in [0.3, 0.4) is 0 Å². The molecule has 0 saturated carbocycles. The maximum absolute atomic E-state index is 14.3. The fraction of sp³-hybridized carbons (Fsp3) is 0.526. The van der Waals surface area contributed by atoms with E-state index in [1.165, 1.54) is 0 Å². The van der Waals surface area contributed by atoms with E-state index in [1.807, 2.05) is 0 Å². The number of carbonyl (C=O) groups excluding carboxylic acids is 3. The van der Waals surface area contributed by atoms with Crippen molar-refractivity contribution in [3.8, 4) is 5.75 Å². The Bertz CT molecular complexity index is 841. The fourth-order valence-corrected chi connectivity index (χ4v) is 2.71.